The predicted molar refractivity (Wildman–Crippen MR) is 16.1 cm³/mol. The summed E-state index contributed by atoms with van der Waals surface area (Å²) in [6, 6.07) is 0. The summed E-state index contributed by atoms with van der Waals surface area (Å²) >= 11 is 0. The molecule has 0 unspecified atom stereocenters. The monoisotopic (exact) mass is 104 g/mol. The van der Waals surface area contributed by atoms with Crippen molar-refractivity contribution in [3.8, 4) is 0 Å². The van der Waals surface area contributed by atoms with Crippen LogP contribution in [0.3, 0.4) is 0 Å². The molecule has 0 spiro atoms. The first-order valence-corrected chi connectivity index (χ1v) is 0. The van der Waals surface area contributed by atoms with Crippen molar-refractivity contribution in [3.05, 3.63) is 0 Å². The van der Waals surface area contributed by atoms with E-state index in [0.29, 0.717) is 0 Å². The molecule has 0 aliphatic carbocycles. The molecular formula is H2Al2O3+2. The minimum Gasteiger partial charge on any atom is -2.00 e. The van der Waals surface area contributed by atoms with E-state index in [9.17, 15) is 0 Å². The van der Waals surface area contributed by atoms with Gasteiger partial charge < -0.3 is 16.4 Å². The molecule has 0 heterocycles. The third-order valence-corrected chi connectivity index (χ3v) is 0. The van der Waals surface area contributed by atoms with Crippen molar-refractivity contribution < 1.29 is 16.4 Å². The summed E-state index contributed by atoms with van der Waals surface area (Å²) in [5.74, 6) is 0. The predicted octanol–water partition coefficient (Wildman–Crippen LogP) is -1.23. The normalized spacial score (nSPS) is 0. The van der Waals surface area contributed by atoms with Crippen LogP contribution >= 0.6 is 0 Å². The van der Waals surface area contributed by atoms with Crippen LogP contribution in [0.2, 0.25) is 0 Å². The molecule has 24 valence electrons. The van der Waals surface area contributed by atoms with Gasteiger partial charge >= 0.3 is 34.7 Å². The van der Waals surface area contributed by atoms with Crippen molar-refractivity contribution in [1.29, 1.82) is 0 Å². The summed E-state index contributed by atoms with van der Waals surface area (Å²) in [5, 5.41) is 0. The molecule has 0 aliphatic rings. The number of hydrogen-bond acceptors (Lipinski definition) is 2. The van der Waals surface area contributed by atoms with Crippen LogP contribution in [0.15, 0.2) is 0 Å². The summed E-state index contributed by atoms with van der Waals surface area (Å²) < 4.78 is 0. The SMILES string of the molecule is [Al+3].[Al+3].[O-2].[OH-].[OH-]. The van der Waals surface area contributed by atoms with Crippen molar-refractivity contribution in [3.63, 3.8) is 0 Å². The second-order valence-electron chi connectivity index (χ2n) is 0. The van der Waals surface area contributed by atoms with Crippen LogP contribution in [0.4, 0.5) is 0 Å². The van der Waals surface area contributed by atoms with Crippen molar-refractivity contribution in [2.45, 2.75) is 0 Å². The van der Waals surface area contributed by atoms with Gasteiger partial charge in [0, 0.05) is 0 Å². The van der Waals surface area contributed by atoms with Gasteiger partial charge in [-0.05, 0) is 0 Å². The average molecular weight is 104 g/mol. The molecule has 0 bridgehead atoms. The Balaban J connectivity index is 0. The van der Waals surface area contributed by atoms with E-state index in [1.165, 1.54) is 0 Å². The molecule has 3 nitrogen and oxygen atoms in total. The second kappa shape index (κ2) is 86.2. The standard InChI is InChI=1S/2Al.2H2O.O/h;;2*1H2;/q2*+3;;;-2/p-2. The summed E-state index contributed by atoms with van der Waals surface area (Å²) in [6.07, 6.45) is 0. The van der Waals surface area contributed by atoms with E-state index in [1.54, 1.807) is 0 Å². The van der Waals surface area contributed by atoms with Gasteiger partial charge in [-0.15, -0.1) is 0 Å². The van der Waals surface area contributed by atoms with Crippen molar-refractivity contribution >= 4 is 34.7 Å². The Morgan fingerprint density at radius 3 is 0.600 bits per heavy atom. The largest absolute Gasteiger partial charge is 3.00 e. The number of rotatable bonds is 0. The summed E-state index contributed by atoms with van der Waals surface area (Å²) in [5.41, 5.74) is 0. The molecule has 0 aliphatic heterocycles. The van der Waals surface area contributed by atoms with E-state index in [4.69, 9.17) is 0 Å². The Morgan fingerprint density at radius 1 is 0.600 bits per heavy atom. The Hall–Kier alpha value is 0.945. The van der Waals surface area contributed by atoms with Gasteiger partial charge in [-0.3, -0.25) is 0 Å². The van der Waals surface area contributed by atoms with Gasteiger partial charge in [-0.25, -0.2) is 0 Å². The molecule has 0 rings (SSSR count). The van der Waals surface area contributed by atoms with E-state index < -0.39 is 0 Å². The minimum atomic E-state index is 0. The molecular weight excluding hydrogens is 102 g/mol. The van der Waals surface area contributed by atoms with Gasteiger partial charge in [0.15, 0.2) is 0 Å². The number of hydrogen-bond donors (Lipinski definition) is 0. The van der Waals surface area contributed by atoms with Crippen LogP contribution in [0, 0.1) is 0 Å². The smallest absolute Gasteiger partial charge is 2.00 e. The molecule has 0 aromatic carbocycles. The molecule has 5 heteroatoms. The van der Waals surface area contributed by atoms with E-state index in [1.807, 2.05) is 0 Å². The first kappa shape index (κ1) is 163. The van der Waals surface area contributed by atoms with Gasteiger partial charge in [0.1, 0.15) is 0 Å². The molecule has 0 atom stereocenters. The van der Waals surface area contributed by atoms with Crippen LogP contribution < -0.4 is 0 Å². The van der Waals surface area contributed by atoms with Gasteiger partial charge in [0.05, 0.1) is 0 Å². The molecule has 0 fully saturated rings. The van der Waals surface area contributed by atoms with Crippen LogP contribution in [-0.2, 0) is 5.48 Å². The maximum atomic E-state index is 0. The molecule has 0 saturated carbocycles. The van der Waals surface area contributed by atoms with Crippen LogP contribution in [-0.4, -0.2) is 45.7 Å². The molecule has 0 aromatic rings. The van der Waals surface area contributed by atoms with Crippen molar-refractivity contribution in [1.82, 2.24) is 0 Å². The van der Waals surface area contributed by atoms with Crippen LogP contribution in [0.1, 0.15) is 0 Å². The van der Waals surface area contributed by atoms with Gasteiger partial charge in [0.2, 0.25) is 0 Å². The fourth-order valence-corrected chi connectivity index (χ4v) is 0. The summed E-state index contributed by atoms with van der Waals surface area (Å²) in [4.78, 5) is 0. The maximum Gasteiger partial charge on any atom is 3.00 e. The first-order valence-electron chi connectivity index (χ1n) is 0. The Labute approximate surface area is 51.6 Å². The Morgan fingerprint density at radius 2 is 0.600 bits per heavy atom. The summed E-state index contributed by atoms with van der Waals surface area (Å²) in [7, 11) is 0. The van der Waals surface area contributed by atoms with Gasteiger partial charge in [-0.1, -0.05) is 0 Å². The fourth-order valence-electron chi connectivity index (χ4n) is 0. The molecule has 0 amide bonds. The second-order valence-corrected chi connectivity index (χ2v) is 0. The van der Waals surface area contributed by atoms with E-state index >= 15 is 0 Å². The quantitative estimate of drug-likeness (QED) is 0.360. The van der Waals surface area contributed by atoms with Crippen molar-refractivity contribution in [2.75, 3.05) is 0 Å². The van der Waals surface area contributed by atoms with Crippen LogP contribution in [0.5, 0.6) is 0 Å². The first-order chi connectivity index (χ1) is 0. The van der Waals surface area contributed by atoms with E-state index in [2.05, 4.69) is 0 Å². The minimum absolute atomic E-state index is 0. The Bertz CT molecular complexity index is 4.85. The van der Waals surface area contributed by atoms with Crippen molar-refractivity contribution in [2.24, 2.45) is 0 Å². The fraction of sp³-hybridized carbons (Fsp3) is 0. The molecule has 0 saturated heterocycles. The molecule has 0 radical (unpaired) electrons. The topological polar surface area (TPSA) is 88.5 Å². The third kappa shape index (κ3) is 48.0. The zero-order valence-electron chi connectivity index (χ0n) is 2.46. The zero-order chi connectivity index (χ0) is 0. The maximum absolute atomic E-state index is 0. The zero-order valence-corrected chi connectivity index (χ0v) is 4.77. The third-order valence-electron chi connectivity index (χ3n) is 0. The van der Waals surface area contributed by atoms with Gasteiger partial charge in [-0.2, -0.15) is 0 Å². The molecule has 2 N–H and O–H groups in total. The van der Waals surface area contributed by atoms with E-state index in [0.717, 1.165) is 0 Å². The Kier molecular flexibility index (Phi) is 2810. The van der Waals surface area contributed by atoms with Gasteiger partial charge in [0.25, 0.3) is 0 Å². The molecule has 5 heavy (non-hydrogen) atoms. The summed E-state index contributed by atoms with van der Waals surface area (Å²) in [6.45, 7) is 0. The molecule has 0 aromatic heterocycles. The van der Waals surface area contributed by atoms with E-state index in [-0.39, 0.29) is 51.2 Å². The van der Waals surface area contributed by atoms with Crippen LogP contribution in [0.25, 0.3) is 0 Å². The average Bonchev–Trinajstić information content (AvgIpc) is 0.